The Bertz CT molecular complexity index is 825. The van der Waals surface area contributed by atoms with Crippen molar-refractivity contribution in [2.24, 2.45) is 0 Å². The summed E-state index contributed by atoms with van der Waals surface area (Å²) in [6, 6.07) is 21.8. The maximum Gasteiger partial charge on any atom is 0.138 e. The van der Waals surface area contributed by atoms with Crippen molar-refractivity contribution in [2.75, 3.05) is 0 Å². The van der Waals surface area contributed by atoms with E-state index in [1.54, 1.807) is 5.57 Å². The third-order valence-corrected chi connectivity index (χ3v) is 11.2. The van der Waals surface area contributed by atoms with E-state index in [-0.39, 0.29) is 0 Å². The molecule has 31 heavy (non-hydrogen) atoms. The summed E-state index contributed by atoms with van der Waals surface area (Å²) in [5.41, 5.74) is 9.67. The third kappa shape index (κ3) is 8.54. The fourth-order valence-corrected chi connectivity index (χ4v) is 4.25. The molecule has 0 heterocycles. The molecule has 0 atom stereocenters. The first-order valence-electron chi connectivity index (χ1n) is 12.0. The molecule has 0 bridgehead atoms. The van der Waals surface area contributed by atoms with Crippen LogP contribution in [0.15, 0.2) is 71.8 Å². The van der Waals surface area contributed by atoms with Gasteiger partial charge in [0.05, 0.1) is 0 Å². The average Bonchev–Trinajstić information content (AvgIpc) is 2.75. The molecule has 0 nitrogen and oxygen atoms in total. The van der Waals surface area contributed by atoms with E-state index in [9.17, 15) is 0 Å². The molecule has 0 radical (unpaired) electrons. The summed E-state index contributed by atoms with van der Waals surface area (Å²) in [7, 11) is -1.62. The van der Waals surface area contributed by atoms with Crippen molar-refractivity contribution < 1.29 is 0 Å². The third-order valence-electron chi connectivity index (χ3n) is 6.72. The van der Waals surface area contributed by atoms with E-state index in [0.717, 1.165) is 32.1 Å². The first kappa shape index (κ1) is 25.2. The van der Waals surface area contributed by atoms with E-state index in [4.69, 9.17) is 0 Å². The highest BCUT2D eigenvalue weighted by Gasteiger charge is 2.33. The van der Waals surface area contributed by atoms with Crippen molar-refractivity contribution in [3.05, 3.63) is 82.9 Å². The Hall–Kier alpha value is -2.04. The summed E-state index contributed by atoms with van der Waals surface area (Å²) in [4.78, 5) is 0. The zero-order chi connectivity index (χ0) is 22.7. The molecule has 0 saturated heterocycles. The highest BCUT2D eigenvalue weighted by atomic mass is 28.3. The van der Waals surface area contributed by atoms with E-state index < -0.39 is 8.07 Å². The van der Waals surface area contributed by atoms with Gasteiger partial charge in [-0.15, -0.1) is 5.54 Å². The van der Waals surface area contributed by atoms with Gasteiger partial charge in [0.25, 0.3) is 0 Å². The normalized spacial score (nSPS) is 11.5. The minimum absolute atomic E-state index is 0.296. The van der Waals surface area contributed by atoms with Gasteiger partial charge in [0.2, 0.25) is 0 Å². The van der Waals surface area contributed by atoms with Crippen molar-refractivity contribution >= 4 is 8.07 Å². The largest absolute Gasteiger partial charge is 0.138 e. The molecular weight excluding hydrogens is 388 g/mol. The molecular formula is C30H42Si. The zero-order valence-corrected chi connectivity index (χ0v) is 21.7. The molecule has 0 unspecified atom stereocenters. The van der Waals surface area contributed by atoms with Gasteiger partial charge in [0, 0.05) is 5.57 Å². The summed E-state index contributed by atoms with van der Waals surface area (Å²) >= 11 is 0. The van der Waals surface area contributed by atoms with Crippen LogP contribution in [0.25, 0.3) is 0 Å². The number of aryl methyl sites for hydroxylation is 2. The van der Waals surface area contributed by atoms with Crippen molar-refractivity contribution in [3.8, 4) is 11.5 Å². The van der Waals surface area contributed by atoms with Gasteiger partial charge < -0.3 is 0 Å². The number of hydrogen-bond donors (Lipinski definition) is 0. The molecule has 0 saturated carbocycles. The van der Waals surface area contributed by atoms with Crippen molar-refractivity contribution in [1.29, 1.82) is 0 Å². The average molecular weight is 431 g/mol. The van der Waals surface area contributed by atoms with Gasteiger partial charge in [-0.25, -0.2) is 0 Å². The Morgan fingerprint density at radius 3 is 1.68 bits per heavy atom. The summed E-state index contributed by atoms with van der Waals surface area (Å²) in [6.07, 6.45) is 7.99. The highest BCUT2D eigenvalue weighted by Crippen LogP contribution is 2.35. The van der Waals surface area contributed by atoms with Crippen LogP contribution in [0.4, 0.5) is 0 Å². The Morgan fingerprint density at radius 2 is 1.26 bits per heavy atom. The summed E-state index contributed by atoms with van der Waals surface area (Å²) in [5, 5.41) is 0.296. The number of rotatable bonds is 9. The van der Waals surface area contributed by atoms with Crippen LogP contribution in [0, 0.1) is 11.5 Å². The molecule has 0 fully saturated rings. The Morgan fingerprint density at radius 1 is 0.774 bits per heavy atom. The van der Waals surface area contributed by atoms with Crippen LogP contribution in [0.1, 0.15) is 70.9 Å². The van der Waals surface area contributed by atoms with E-state index >= 15 is 0 Å². The monoisotopic (exact) mass is 430 g/mol. The van der Waals surface area contributed by atoms with Gasteiger partial charge in [-0.2, -0.15) is 0 Å². The summed E-state index contributed by atoms with van der Waals surface area (Å²) < 4.78 is 0. The van der Waals surface area contributed by atoms with Crippen molar-refractivity contribution in [2.45, 2.75) is 90.8 Å². The minimum Gasteiger partial charge on any atom is -0.126 e. The maximum atomic E-state index is 3.82. The van der Waals surface area contributed by atoms with Crippen LogP contribution in [-0.2, 0) is 12.8 Å². The quantitative estimate of drug-likeness (QED) is 0.275. The summed E-state index contributed by atoms with van der Waals surface area (Å²) in [6.45, 7) is 14.2. The molecule has 0 spiro atoms. The lowest BCUT2D eigenvalue weighted by Crippen LogP contribution is -2.35. The van der Waals surface area contributed by atoms with E-state index in [1.165, 1.54) is 29.5 Å². The molecule has 0 aromatic heterocycles. The lowest BCUT2D eigenvalue weighted by Gasteiger charge is -2.31. The molecule has 0 aliphatic rings. The Kier molecular flexibility index (Phi) is 9.85. The van der Waals surface area contributed by atoms with Crippen LogP contribution < -0.4 is 0 Å². The second-order valence-corrected chi connectivity index (χ2v) is 15.3. The van der Waals surface area contributed by atoms with Gasteiger partial charge in [0.1, 0.15) is 8.07 Å². The predicted molar refractivity (Wildman–Crippen MR) is 141 cm³/mol. The second-order valence-electron chi connectivity index (χ2n) is 10.3. The zero-order valence-electron chi connectivity index (χ0n) is 20.7. The van der Waals surface area contributed by atoms with Gasteiger partial charge in [-0.1, -0.05) is 119 Å². The SMILES string of the molecule is CCCCC(C#C[Si](C)(C)C(C)(C)C)=C(CCc1ccccc1)CCc1ccccc1. The Labute approximate surface area is 193 Å². The van der Waals surface area contributed by atoms with E-state index in [0.29, 0.717) is 5.04 Å². The van der Waals surface area contributed by atoms with Crippen LogP contribution in [-0.4, -0.2) is 8.07 Å². The highest BCUT2D eigenvalue weighted by molar-refractivity contribution is 6.87. The van der Waals surface area contributed by atoms with Crippen molar-refractivity contribution in [1.82, 2.24) is 0 Å². The van der Waals surface area contributed by atoms with Gasteiger partial charge in [-0.3, -0.25) is 0 Å². The van der Waals surface area contributed by atoms with Crippen LogP contribution in [0.3, 0.4) is 0 Å². The lowest BCUT2D eigenvalue weighted by atomic mass is 9.92. The molecule has 0 amide bonds. The second kappa shape index (κ2) is 12.1. The number of benzene rings is 2. The molecule has 0 N–H and O–H groups in total. The molecule has 2 aromatic carbocycles. The van der Waals surface area contributed by atoms with Crippen molar-refractivity contribution in [3.63, 3.8) is 0 Å². The first-order chi connectivity index (χ1) is 14.7. The fraction of sp³-hybridized carbons (Fsp3) is 0.467. The Balaban J connectivity index is 2.35. The molecule has 0 aliphatic carbocycles. The maximum absolute atomic E-state index is 3.82. The first-order valence-corrected chi connectivity index (χ1v) is 15.0. The van der Waals surface area contributed by atoms with E-state index in [2.05, 4.69) is 113 Å². The van der Waals surface area contributed by atoms with Gasteiger partial charge in [-0.05, 0) is 54.7 Å². The number of allylic oxidation sites excluding steroid dienone is 2. The van der Waals surface area contributed by atoms with E-state index in [1.807, 2.05) is 0 Å². The lowest BCUT2D eigenvalue weighted by molar-refractivity contribution is 0.730. The number of unbranched alkanes of at least 4 members (excludes halogenated alkanes) is 1. The molecule has 166 valence electrons. The molecule has 1 heteroatoms. The molecule has 2 aromatic rings. The predicted octanol–water partition coefficient (Wildman–Crippen LogP) is 8.79. The van der Waals surface area contributed by atoms with Crippen LogP contribution in [0.5, 0.6) is 0 Å². The van der Waals surface area contributed by atoms with Crippen LogP contribution in [0.2, 0.25) is 18.1 Å². The molecule has 2 rings (SSSR count). The standard InChI is InChI=1S/C30H42Si/c1-7-8-19-28(24-25-31(5,6)30(2,3)4)29(22-20-26-15-11-9-12-16-26)23-21-27-17-13-10-14-18-27/h9-18H,7-8,19-23H2,1-6H3. The summed E-state index contributed by atoms with van der Waals surface area (Å²) in [5.74, 6) is 3.77. The van der Waals surface area contributed by atoms with Crippen LogP contribution >= 0.6 is 0 Å². The molecule has 0 aliphatic heterocycles. The topological polar surface area (TPSA) is 0 Å². The fourth-order valence-electron chi connectivity index (χ4n) is 3.41. The van der Waals surface area contributed by atoms with Gasteiger partial charge in [0.15, 0.2) is 0 Å². The minimum atomic E-state index is -1.62. The number of hydrogen-bond acceptors (Lipinski definition) is 0. The van der Waals surface area contributed by atoms with Gasteiger partial charge >= 0.3 is 0 Å². The smallest absolute Gasteiger partial charge is 0.126 e.